The third-order valence-corrected chi connectivity index (χ3v) is 2.66. The topological polar surface area (TPSA) is 112 Å². The van der Waals surface area contributed by atoms with Gasteiger partial charge in [-0.3, -0.25) is 4.79 Å². The van der Waals surface area contributed by atoms with Gasteiger partial charge in [0.15, 0.2) is 17.3 Å². The predicted molar refractivity (Wildman–Crippen MR) is 69.1 cm³/mol. The average Bonchev–Trinajstić information content (AvgIpc) is 3.19. The van der Waals surface area contributed by atoms with Gasteiger partial charge in [-0.1, -0.05) is 10.4 Å². The number of aromatic nitrogens is 5. The molecule has 0 bridgehead atoms. The first-order valence-corrected chi connectivity index (χ1v) is 6.25. The summed E-state index contributed by atoms with van der Waals surface area (Å²) < 4.78 is 11.6. The van der Waals surface area contributed by atoms with Crippen LogP contribution in [0.5, 0.6) is 0 Å². The van der Waals surface area contributed by atoms with Crippen LogP contribution < -0.4 is 5.32 Å². The largest absolute Gasteiger partial charge is 0.459 e. The van der Waals surface area contributed by atoms with Gasteiger partial charge in [0.05, 0.1) is 19.0 Å². The smallest absolute Gasteiger partial charge is 0.287 e. The molecule has 0 aromatic carbocycles. The molecule has 0 unspecified atom stereocenters. The number of rotatable bonds is 5. The van der Waals surface area contributed by atoms with Crippen LogP contribution in [0.2, 0.25) is 0 Å². The van der Waals surface area contributed by atoms with Gasteiger partial charge in [-0.15, -0.1) is 5.10 Å². The van der Waals surface area contributed by atoms with Crippen LogP contribution in [-0.4, -0.2) is 37.6 Å². The van der Waals surface area contributed by atoms with Crippen LogP contribution in [0.4, 0.5) is 0 Å². The van der Waals surface area contributed by atoms with Crippen molar-refractivity contribution in [3.05, 3.63) is 36.2 Å². The van der Waals surface area contributed by atoms with Crippen molar-refractivity contribution in [1.29, 1.82) is 0 Å². The lowest BCUT2D eigenvalue weighted by Gasteiger charge is -2.02. The molecule has 0 atom stereocenters. The summed E-state index contributed by atoms with van der Waals surface area (Å²) in [5.41, 5.74) is 0.493. The molecule has 108 valence electrons. The molecule has 0 aliphatic rings. The lowest BCUT2D eigenvalue weighted by molar-refractivity contribution is 0.0924. The van der Waals surface area contributed by atoms with Crippen molar-refractivity contribution < 1.29 is 13.7 Å². The molecular weight excluding hydrogens is 276 g/mol. The van der Waals surface area contributed by atoms with E-state index < -0.39 is 0 Å². The quantitative estimate of drug-likeness (QED) is 0.733. The monoisotopic (exact) mass is 288 g/mol. The maximum absolute atomic E-state index is 11.6. The minimum atomic E-state index is -0.270. The minimum Gasteiger partial charge on any atom is -0.459 e. The summed E-state index contributed by atoms with van der Waals surface area (Å²) >= 11 is 0. The molecule has 0 aliphatic heterocycles. The fourth-order valence-corrected chi connectivity index (χ4v) is 1.69. The molecule has 3 aromatic heterocycles. The van der Waals surface area contributed by atoms with Crippen LogP contribution >= 0.6 is 0 Å². The summed E-state index contributed by atoms with van der Waals surface area (Å²) in [5.74, 6) is 0.854. The van der Waals surface area contributed by atoms with Gasteiger partial charge in [0.25, 0.3) is 11.8 Å². The van der Waals surface area contributed by atoms with Gasteiger partial charge >= 0.3 is 0 Å². The molecule has 1 N–H and O–H groups in total. The third-order valence-electron chi connectivity index (χ3n) is 2.66. The summed E-state index contributed by atoms with van der Waals surface area (Å²) in [4.78, 5) is 15.7. The Labute approximate surface area is 118 Å². The molecule has 0 aliphatic carbocycles. The van der Waals surface area contributed by atoms with Gasteiger partial charge in [0.2, 0.25) is 0 Å². The zero-order valence-electron chi connectivity index (χ0n) is 11.2. The SMILES string of the molecule is Cc1noc(-c2cn(CCNC(=O)c3ccco3)nn2)n1. The lowest BCUT2D eigenvalue weighted by atomic mass is 10.4. The van der Waals surface area contributed by atoms with E-state index in [0.29, 0.717) is 30.5 Å². The first kappa shape index (κ1) is 13.0. The van der Waals surface area contributed by atoms with Gasteiger partial charge in [-0.2, -0.15) is 4.98 Å². The van der Waals surface area contributed by atoms with E-state index in [1.165, 1.54) is 6.26 Å². The number of nitrogens with one attached hydrogen (secondary N) is 1. The van der Waals surface area contributed by atoms with Crippen LogP contribution in [0, 0.1) is 6.92 Å². The van der Waals surface area contributed by atoms with Crippen molar-refractivity contribution in [2.24, 2.45) is 0 Å². The second kappa shape index (κ2) is 5.57. The van der Waals surface area contributed by atoms with Gasteiger partial charge in [0.1, 0.15) is 0 Å². The Morgan fingerprint density at radius 3 is 3.10 bits per heavy atom. The van der Waals surface area contributed by atoms with E-state index in [-0.39, 0.29) is 11.7 Å². The summed E-state index contributed by atoms with van der Waals surface area (Å²) in [6, 6.07) is 3.26. The summed E-state index contributed by atoms with van der Waals surface area (Å²) in [7, 11) is 0. The van der Waals surface area contributed by atoms with Crippen molar-refractivity contribution in [1.82, 2.24) is 30.5 Å². The van der Waals surface area contributed by atoms with E-state index in [1.54, 1.807) is 29.9 Å². The number of hydrogen-bond acceptors (Lipinski definition) is 7. The van der Waals surface area contributed by atoms with Gasteiger partial charge in [0, 0.05) is 6.54 Å². The highest BCUT2D eigenvalue weighted by Gasteiger charge is 2.11. The summed E-state index contributed by atoms with van der Waals surface area (Å²) in [6.07, 6.45) is 3.12. The number of aryl methyl sites for hydroxylation is 1. The van der Waals surface area contributed by atoms with Crippen LogP contribution in [0.15, 0.2) is 33.5 Å². The Morgan fingerprint density at radius 2 is 2.38 bits per heavy atom. The molecule has 0 fully saturated rings. The minimum absolute atomic E-state index is 0.270. The highest BCUT2D eigenvalue weighted by molar-refractivity contribution is 5.91. The van der Waals surface area contributed by atoms with Gasteiger partial charge < -0.3 is 14.3 Å². The van der Waals surface area contributed by atoms with Crippen molar-refractivity contribution in [2.45, 2.75) is 13.5 Å². The molecule has 21 heavy (non-hydrogen) atoms. The molecule has 0 spiro atoms. The van der Waals surface area contributed by atoms with Crippen LogP contribution in [0.25, 0.3) is 11.6 Å². The molecule has 0 radical (unpaired) electrons. The molecule has 3 aromatic rings. The maximum atomic E-state index is 11.6. The zero-order chi connectivity index (χ0) is 14.7. The number of nitrogens with zero attached hydrogens (tertiary/aromatic N) is 5. The Hall–Kier alpha value is -2.97. The summed E-state index contributed by atoms with van der Waals surface area (Å²) in [5, 5.41) is 14.3. The first-order chi connectivity index (χ1) is 10.2. The van der Waals surface area contributed by atoms with E-state index in [2.05, 4.69) is 25.8 Å². The van der Waals surface area contributed by atoms with E-state index in [0.717, 1.165) is 0 Å². The van der Waals surface area contributed by atoms with Crippen LogP contribution in [-0.2, 0) is 6.54 Å². The lowest BCUT2D eigenvalue weighted by Crippen LogP contribution is -2.27. The molecule has 0 saturated carbocycles. The summed E-state index contributed by atoms with van der Waals surface area (Å²) in [6.45, 7) is 2.58. The molecule has 9 heteroatoms. The van der Waals surface area contributed by atoms with Crippen molar-refractivity contribution in [3.8, 4) is 11.6 Å². The predicted octanol–water partition coefficient (Wildman–Crippen LogP) is 0.660. The number of furan rings is 1. The Bertz CT molecular complexity index is 730. The van der Waals surface area contributed by atoms with Crippen molar-refractivity contribution in [2.75, 3.05) is 6.54 Å². The van der Waals surface area contributed by atoms with Gasteiger partial charge in [-0.25, -0.2) is 4.68 Å². The van der Waals surface area contributed by atoms with Crippen LogP contribution in [0.1, 0.15) is 16.4 Å². The molecule has 3 rings (SSSR count). The molecular formula is C12H12N6O3. The Balaban J connectivity index is 1.54. The Kier molecular flexibility index (Phi) is 3.46. The maximum Gasteiger partial charge on any atom is 0.287 e. The van der Waals surface area contributed by atoms with Crippen molar-refractivity contribution >= 4 is 5.91 Å². The van der Waals surface area contributed by atoms with Crippen molar-refractivity contribution in [3.63, 3.8) is 0 Å². The first-order valence-electron chi connectivity index (χ1n) is 6.25. The van der Waals surface area contributed by atoms with E-state index in [1.807, 2.05) is 0 Å². The normalized spacial score (nSPS) is 10.7. The number of carbonyl (C=O) groups excluding carboxylic acids is 1. The molecule has 3 heterocycles. The third kappa shape index (κ3) is 2.96. The zero-order valence-corrected chi connectivity index (χ0v) is 11.2. The average molecular weight is 288 g/mol. The second-order valence-electron chi connectivity index (χ2n) is 4.25. The fourth-order valence-electron chi connectivity index (χ4n) is 1.69. The standard InChI is InChI=1S/C12H12N6O3/c1-8-14-12(21-16-8)9-7-18(17-15-9)5-4-13-11(19)10-3-2-6-20-10/h2-3,6-7H,4-5H2,1H3,(H,13,19). The fraction of sp³-hybridized carbons (Fsp3) is 0.250. The van der Waals surface area contributed by atoms with E-state index in [9.17, 15) is 4.79 Å². The number of hydrogen-bond donors (Lipinski definition) is 1. The highest BCUT2D eigenvalue weighted by Crippen LogP contribution is 2.12. The Morgan fingerprint density at radius 1 is 1.48 bits per heavy atom. The molecule has 0 saturated heterocycles. The van der Waals surface area contributed by atoms with Crippen LogP contribution in [0.3, 0.4) is 0 Å². The van der Waals surface area contributed by atoms with E-state index in [4.69, 9.17) is 8.94 Å². The molecule has 1 amide bonds. The number of amides is 1. The second-order valence-corrected chi connectivity index (χ2v) is 4.25. The highest BCUT2D eigenvalue weighted by atomic mass is 16.5. The number of carbonyl (C=O) groups is 1. The molecule has 9 nitrogen and oxygen atoms in total. The van der Waals surface area contributed by atoms with Gasteiger partial charge in [-0.05, 0) is 19.1 Å². The van der Waals surface area contributed by atoms with E-state index >= 15 is 0 Å².